The normalized spacial score (nSPS) is 11.7. The molecule has 1 N–H and O–H groups in total. The highest BCUT2D eigenvalue weighted by Crippen LogP contribution is 2.18. The van der Waals surface area contributed by atoms with E-state index in [-0.39, 0.29) is 5.91 Å². The van der Waals surface area contributed by atoms with Gasteiger partial charge in [0, 0.05) is 12.0 Å². The van der Waals surface area contributed by atoms with E-state index >= 15 is 0 Å². The number of hydrogen-bond acceptors (Lipinski definition) is 2. The van der Waals surface area contributed by atoms with Crippen LogP contribution in [0.3, 0.4) is 0 Å². The molecular weight excluding hydrogens is 322 g/mol. The third kappa shape index (κ3) is 4.31. The van der Waals surface area contributed by atoms with E-state index in [1.165, 1.54) is 5.56 Å². The number of aromatic nitrogens is 2. The van der Waals surface area contributed by atoms with Crippen LogP contribution in [-0.4, -0.2) is 15.5 Å². The summed E-state index contributed by atoms with van der Waals surface area (Å²) in [6.45, 7) is 7.10. The number of benzene rings is 2. The van der Waals surface area contributed by atoms with Crippen LogP contribution in [0.5, 0.6) is 0 Å². The standard InChI is InChI=1S/C22H27N3O/c1-22(2,3)21(26)23-16-20-24-18-13-7-8-14-19(18)25(20)15-9-12-17-10-5-4-6-11-17/h4-8,10-11,13-14H,9,12,15-16H2,1-3H3,(H,23,26). The van der Waals surface area contributed by atoms with Crippen molar-refractivity contribution in [2.45, 2.75) is 46.7 Å². The number of amides is 1. The van der Waals surface area contributed by atoms with Gasteiger partial charge in [-0.2, -0.15) is 0 Å². The number of carbonyl (C=O) groups is 1. The number of hydrogen-bond donors (Lipinski definition) is 1. The van der Waals surface area contributed by atoms with E-state index in [1.54, 1.807) is 0 Å². The van der Waals surface area contributed by atoms with Gasteiger partial charge >= 0.3 is 0 Å². The minimum atomic E-state index is -0.399. The third-order valence-corrected chi connectivity index (χ3v) is 4.51. The van der Waals surface area contributed by atoms with Gasteiger partial charge in [-0.05, 0) is 30.5 Å². The molecule has 136 valence electrons. The Hall–Kier alpha value is -2.62. The van der Waals surface area contributed by atoms with Crippen LogP contribution < -0.4 is 5.32 Å². The largest absolute Gasteiger partial charge is 0.348 e. The molecule has 1 aromatic heterocycles. The fourth-order valence-electron chi connectivity index (χ4n) is 3.02. The third-order valence-electron chi connectivity index (χ3n) is 4.51. The van der Waals surface area contributed by atoms with E-state index in [0.29, 0.717) is 6.54 Å². The number of nitrogens with one attached hydrogen (secondary N) is 1. The Morgan fingerprint density at radius 1 is 1.04 bits per heavy atom. The van der Waals surface area contributed by atoms with Gasteiger partial charge in [0.1, 0.15) is 5.82 Å². The lowest BCUT2D eigenvalue weighted by molar-refractivity contribution is -0.128. The molecule has 0 bridgehead atoms. The maximum Gasteiger partial charge on any atom is 0.225 e. The fraction of sp³-hybridized carbons (Fsp3) is 0.364. The Bertz CT molecular complexity index is 875. The van der Waals surface area contributed by atoms with Crippen LogP contribution in [0.25, 0.3) is 11.0 Å². The fourth-order valence-corrected chi connectivity index (χ4v) is 3.02. The summed E-state index contributed by atoms with van der Waals surface area (Å²) in [7, 11) is 0. The average Bonchev–Trinajstić information content (AvgIpc) is 2.97. The van der Waals surface area contributed by atoms with E-state index in [2.05, 4.69) is 40.2 Å². The minimum absolute atomic E-state index is 0.0420. The Labute approximate surface area is 155 Å². The summed E-state index contributed by atoms with van der Waals surface area (Å²) in [5.74, 6) is 0.956. The van der Waals surface area contributed by atoms with Gasteiger partial charge in [-0.25, -0.2) is 4.98 Å². The summed E-state index contributed by atoms with van der Waals surface area (Å²) in [6.07, 6.45) is 2.06. The molecule has 3 aromatic rings. The molecule has 0 aliphatic carbocycles. The van der Waals surface area contributed by atoms with Gasteiger partial charge in [-0.15, -0.1) is 0 Å². The van der Waals surface area contributed by atoms with E-state index in [0.717, 1.165) is 36.2 Å². The van der Waals surface area contributed by atoms with Crippen molar-refractivity contribution in [1.82, 2.24) is 14.9 Å². The summed E-state index contributed by atoms with van der Waals surface area (Å²) < 4.78 is 2.24. The predicted octanol–water partition coefficient (Wildman–Crippen LogP) is 4.33. The SMILES string of the molecule is CC(C)(C)C(=O)NCc1nc2ccccc2n1CCCc1ccccc1. The number of imidazole rings is 1. The van der Waals surface area contributed by atoms with E-state index in [1.807, 2.05) is 45.0 Å². The van der Waals surface area contributed by atoms with Crippen LogP contribution in [-0.2, 0) is 24.3 Å². The molecule has 0 aliphatic heterocycles. The molecule has 0 saturated carbocycles. The first-order chi connectivity index (χ1) is 12.4. The Morgan fingerprint density at radius 3 is 2.46 bits per heavy atom. The molecule has 0 atom stereocenters. The smallest absolute Gasteiger partial charge is 0.225 e. The van der Waals surface area contributed by atoms with Gasteiger partial charge in [0.25, 0.3) is 0 Å². The Morgan fingerprint density at radius 2 is 1.73 bits per heavy atom. The lowest BCUT2D eigenvalue weighted by Crippen LogP contribution is -2.35. The van der Waals surface area contributed by atoms with Crippen molar-refractivity contribution in [3.63, 3.8) is 0 Å². The zero-order valence-electron chi connectivity index (χ0n) is 15.8. The van der Waals surface area contributed by atoms with E-state index in [9.17, 15) is 4.79 Å². The van der Waals surface area contributed by atoms with Gasteiger partial charge in [0.05, 0.1) is 17.6 Å². The molecule has 26 heavy (non-hydrogen) atoms. The van der Waals surface area contributed by atoms with Gasteiger partial charge in [-0.1, -0.05) is 63.2 Å². The number of aryl methyl sites for hydroxylation is 2. The predicted molar refractivity (Wildman–Crippen MR) is 106 cm³/mol. The molecule has 3 rings (SSSR count). The number of carbonyl (C=O) groups excluding carboxylic acids is 1. The van der Waals surface area contributed by atoms with Crippen LogP contribution in [0, 0.1) is 5.41 Å². The first-order valence-electron chi connectivity index (χ1n) is 9.21. The summed E-state index contributed by atoms with van der Waals surface area (Å²) >= 11 is 0. The molecule has 0 saturated heterocycles. The molecule has 1 heterocycles. The van der Waals surface area contributed by atoms with Gasteiger partial charge in [-0.3, -0.25) is 4.79 Å². The van der Waals surface area contributed by atoms with Crippen LogP contribution in [0.1, 0.15) is 38.6 Å². The maximum atomic E-state index is 12.2. The molecule has 4 heteroatoms. The molecule has 0 radical (unpaired) electrons. The summed E-state index contributed by atoms with van der Waals surface area (Å²) in [6, 6.07) is 18.7. The van der Waals surface area contributed by atoms with Gasteiger partial charge in [0.2, 0.25) is 5.91 Å². The van der Waals surface area contributed by atoms with E-state index < -0.39 is 5.41 Å². The van der Waals surface area contributed by atoms with Crippen molar-refractivity contribution < 1.29 is 4.79 Å². The lowest BCUT2D eigenvalue weighted by Gasteiger charge is -2.18. The van der Waals surface area contributed by atoms with Crippen molar-refractivity contribution >= 4 is 16.9 Å². The monoisotopic (exact) mass is 349 g/mol. The highest BCUT2D eigenvalue weighted by molar-refractivity contribution is 5.81. The van der Waals surface area contributed by atoms with Gasteiger partial charge in [0.15, 0.2) is 0 Å². The zero-order valence-corrected chi connectivity index (χ0v) is 15.8. The van der Waals surface area contributed by atoms with Crippen molar-refractivity contribution in [3.8, 4) is 0 Å². The van der Waals surface area contributed by atoms with Crippen LogP contribution >= 0.6 is 0 Å². The van der Waals surface area contributed by atoms with Crippen LogP contribution in [0.4, 0.5) is 0 Å². The van der Waals surface area contributed by atoms with Crippen LogP contribution in [0.2, 0.25) is 0 Å². The van der Waals surface area contributed by atoms with Crippen molar-refractivity contribution in [2.75, 3.05) is 0 Å². The van der Waals surface area contributed by atoms with Crippen LogP contribution in [0.15, 0.2) is 54.6 Å². The highest BCUT2D eigenvalue weighted by atomic mass is 16.2. The van der Waals surface area contributed by atoms with E-state index in [4.69, 9.17) is 4.98 Å². The second kappa shape index (κ2) is 7.73. The molecule has 1 amide bonds. The molecule has 4 nitrogen and oxygen atoms in total. The number of rotatable bonds is 6. The summed E-state index contributed by atoms with van der Waals surface area (Å²) in [4.78, 5) is 17.0. The maximum absolute atomic E-state index is 12.2. The molecule has 0 aliphatic rings. The topological polar surface area (TPSA) is 46.9 Å². The molecular formula is C22H27N3O. The number of para-hydroxylation sites is 2. The first-order valence-corrected chi connectivity index (χ1v) is 9.21. The van der Waals surface area contributed by atoms with Crippen molar-refractivity contribution in [1.29, 1.82) is 0 Å². The minimum Gasteiger partial charge on any atom is -0.348 e. The Balaban J connectivity index is 1.75. The lowest BCUT2D eigenvalue weighted by atomic mass is 9.96. The summed E-state index contributed by atoms with van der Waals surface area (Å²) in [5, 5.41) is 3.03. The zero-order chi connectivity index (χ0) is 18.6. The van der Waals surface area contributed by atoms with Crippen molar-refractivity contribution in [2.24, 2.45) is 5.41 Å². The molecule has 0 fully saturated rings. The first kappa shape index (κ1) is 18.2. The second-order valence-corrected chi connectivity index (χ2v) is 7.69. The molecule has 0 spiro atoms. The number of fused-ring (bicyclic) bond motifs is 1. The summed E-state index contributed by atoms with van der Waals surface area (Å²) in [5.41, 5.74) is 3.05. The van der Waals surface area contributed by atoms with Crippen molar-refractivity contribution in [3.05, 3.63) is 66.0 Å². The molecule has 0 unspecified atom stereocenters. The molecule has 2 aromatic carbocycles. The van der Waals surface area contributed by atoms with Gasteiger partial charge < -0.3 is 9.88 Å². The second-order valence-electron chi connectivity index (χ2n) is 7.69. The average molecular weight is 349 g/mol. The quantitative estimate of drug-likeness (QED) is 0.720. The highest BCUT2D eigenvalue weighted by Gasteiger charge is 2.21. The Kier molecular flexibility index (Phi) is 5.40. The number of nitrogens with zero attached hydrogens (tertiary/aromatic N) is 2.